The fraction of sp³-hybridized carbons (Fsp3) is 0.417. The Hall–Kier alpha value is -2.22. The molecule has 0 fully saturated rings. The van der Waals surface area contributed by atoms with E-state index in [9.17, 15) is 9.90 Å². The first-order chi connectivity index (χ1) is 14.6. The number of ether oxygens (including phenoxy) is 1. The Kier molecular flexibility index (Phi) is 7.51. The van der Waals surface area contributed by atoms with E-state index in [2.05, 4.69) is 31.6 Å². The molecule has 1 amide bonds. The van der Waals surface area contributed by atoms with Gasteiger partial charge < -0.3 is 20.5 Å². The molecule has 0 heterocycles. The molecule has 0 saturated carbocycles. The second kappa shape index (κ2) is 9.94. The van der Waals surface area contributed by atoms with Crippen LogP contribution >= 0.6 is 15.9 Å². The van der Waals surface area contributed by atoms with Gasteiger partial charge in [-0.25, -0.2) is 4.99 Å². The summed E-state index contributed by atoms with van der Waals surface area (Å²) in [7, 11) is 0. The highest BCUT2D eigenvalue weighted by Gasteiger charge is 2.32. The Balaban J connectivity index is 1.67. The monoisotopic (exact) mass is 487 g/mol. The van der Waals surface area contributed by atoms with Gasteiger partial charge in [0.15, 0.2) is 0 Å². The molecule has 6 nitrogen and oxygen atoms in total. The van der Waals surface area contributed by atoms with E-state index < -0.39 is 12.1 Å². The van der Waals surface area contributed by atoms with Crippen molar-refractivity contribution in [1.29, 1.82) is 0 Å². The SMILES string of the molecule is C/C(=N\c1ccc2c(c1)[C@@H](NC(=O)c1ccc(Br)cc1)[C@H](O)C2)NCCOC(C)(C)C. The second-order valence-electron chi connectivity index (χ2n) is 8.70. The third kappa shape index (κ3) is 6.63. The molecule has 0 radical (unpaired) electrons. The van der Waals surface area contributed by atoms with E-state index in [1.165, 1.54) is 0 Å². The van der Waals surface area contributed by atoms with Crippen LogP contribution in [0, 0.1) is 0 Å². The second-order valence-corrected chi connectivity index (χ2v) is 9.61. The molecule has 2 aromatic carbocycles. The maximum absolute atomic E-state index is 12.7. The predicted octanol–water partition coefficient (Wildman–Crippen LogP) is 4.29. The summed E-state index contributed by atoms with van der Waals surface area (Å²) in [6.07, 6.45) is -0.159. The number of hydrogen-bond acceptors (Lipinski definition) is 4. The quantitative estimate of drug-likeness (QED) is 0.322. The van der Waals surface area contributed by atoms with E-state index in [0.29, 0.717) is 25.1 Å². The van der Waals surface area contributed by atoms with Gasteiger partial charge in [0, 0.05) is 23.0 Å². The number of carbonyl (C=O) groups excluding carboxylic acids is 1. The Labute approximate surface area is 192 Å². The van der Waals surface area contributed by atoms with Crippen molar-refractivity contribution in [2.24, 2.45) is 4.99 Å². The summed E-state index contributed by atoms with van der Waals surface area (Å²) in [5.74, 6) is 0.571. The van der Waals surface area contributed by atoms with E-state index in [-0.39, 0.29) is 11.5 Å². The highest BCUT2D eigenvalue weighted by Crippen LogP contribution is 2.34. The lowest BCUT2D eigenvalue weighted by Gasteiger charge is -2.19. The normalized spacial score (nSPS) is 18.6. The van der Waals surface area contributed by atoms with Crippen molar-refractivity contribution in [2.75, 3.05) is 13.2 Å². The van der Waals surface area contributed by atoms with Gasteiger partial charge in [-0.3, -0.25) is 4.79 Å². The first kappa shape index (κ1) is 23.4. The standard InChI is InChI=1S/C24H30BrN3O3/c1-15(26-11-12-31-24(2,3)4)27-19-10-7-17-13-21(29)22(20(17)14-19)28-23(30)16-5-8-18(25)9-6-16/h5-10,14,21-22,29H,11-13H2,1-4H3,(H,26,27)(H,28,30)/t21-,22-/m1/s1. The van der Waals surface area contributed by atoms with Crippen molar-refractivity contribution in [3.63, 3.8) is 0 Å². The molecule has 2 aromatic rings. The van der Waals surface area contributed by atoms with Crippen molar-refractivity contribution in [2.45, 2.75) is 51.9 Å². The summed E-state index contributed by atoms with van der Waals surface area (Å²) in [6.45, 7) is 9.25. The molecule has 0 unspecified atom stereocenters. The van der Waals surface area contributed by atoms with Crippen molar-refractivity contribution in [1.82, 2.24) is 10.6 Å². The topological polar surface area (TPSA) is 83.0 Å². The fourth-order valence-corrected chi connectivity index (χ4v) is 3.76. The molecule has 0 aromatic heterocycles. The summed E-state index contributed by atoms with van der Waals surface area (Å²) in [5.41, 5.74) is 3.09. The number of carbonyl (C=O) groups is 1. The van der Waals surface area contributed by atoms with Crippen LogP contribution in [0.1, 0.15) is 55.2 Å². The van der Waals surface area contributed by atoms with E-state index in [4.69, 9.17) is 4.74 Å². The van der Waals surface area contributed by atoms with Crippen molar-refractivity contribution in [3.8, 4) is 0 Å². The van der Waals surface area contributed by atoms with Crippen molar-refractivity contribution in [3.05, 3.63) is 63.6 Å². The van der Waals surface area contributed by atoms with Crippen LogP contribution < -0.4 is 10.6 Å². The molecule has 2 atom stereocenters. The third-order valence-corrected chi connectivity index (χ3v) is 5.51. The van der Waals surface area contributed by atoms with Gasteiger partial charge in [-0.05, 0) is 75.2 Å². The minimum absolute atomic E-state index is 0.163. The number of amides is 1. The zero-order valence-electron chi connectivity index (χ0n) is 18.4. The average molecular weight is 488 g/mol. The number of aliphatic hydroxyl groups is 1. The van der Waals surface area contributed by atoms with Crippen LogP contribution in [-0.4, -0.2) is 41.7 Å². The van der Waals surface area contributed by atoms with Crippen LogP contribution in [0.25, 0.3) is 0 Å². The lowest BCUT2D eigenvalue weighted by molar-refractivity contribution is 0.000545. The number of aliphatic hydroxyl groups excluding tert-OH is 1. The van der Waals surface area contributed by atoms with Crippen LogP contribution in [0.5, 0.6) is 0 Å². The number of amidine groups is 1. The van der Waals surface area contributed by atoms with Gasteiger partial charge >= 0.3 is 0 Å². The van der Waals surface area contributed by atoms with Gasteiger partial charge in [-0.2, -0.15) is 0 Å². The smallest absolute Gasteiger partial charge is 0.251 e. The summed E-state index contributed by atoms with van der Waals surface area (Å²) in [5, 5.41) is 16.8. The lowest BCUT2D eigenvalue weighted by Crippen LogP contribution is -2.33. The van der Waals surface area contributed by atoms with Gasteiger partial charge in [0.2, 0.25) is 0 Å². The maximum Gasteiger partial charge on any atom is 0.251 e. The molecule has 0 bridgehead atoms. The van der Waals surface area contributed by atoms with Crippen LogP contribution in [-0.2, 0) is 11.2 Å². The Morgan fingerprint density at radius 3 is 2.61 bits per heavy atom. The number of hydrogen-bond donors (Lipinski definition) is 3. The zero-order valence-corrected chi connectivity index (χ0v) is 20.0. The molecule has 166 valence electrons. The number of nitrogens with one attached hydrogen (secondary N) is 2. The van der Waals surface area contributed by atoms with Crippen molar-refractivity contribution >= 4 is 33.4 Å². The van der Waals surface area contributed by atoms with Gasteiger partial charge in [0.1, 0.15) is 0 Å². The molecule has 0 aliphatic heterocycles. The molecular weight excluding hydrogens is 458 g/mol. The van der Waals surface area contributed by atoms with Gasteiger partial charge in [-0.1, -0.05) is 22.0 Å². The Bertz CT molecular complexity index is 952. The highest BCUT2D eigenvalue weighted by molar-refractivity contribution is 9.10. The summed E-state index contributed by atoms with van der Waals surface area (Å²) < 4.78 is 6.62. The van der Waals surface area contributed by atoms with E-state index in [1.54, 1.807) is 12.1 Å². The molecule has 3 N–H and O–H groups in total. The maximum atomic E-state index is 12.7. The molecule has 1 aliphatic carbocycles. The van der Waals surface area contributed by atoms with Crippen LogP contribution in [0.4, 0.5) is 5.69 Å². The number of nitrogens with zero attached hydrogens (tertiary/aromatic N) is 1. The molecule has 7 heteroatoms. The summed E-state index contributed by atoms with van der Waals surface area (Å²) in [4.78, 5) is 17.3. The van der Waals surface area contributed by atoms with E-state index >= 15 is 0 Å². The van der Waals surface area contributed by atoms with Gasteiger partial charge in [0.25, 0.3) is 5.91 Å². The number of aliphatic imine (C=N–C) groups is 1. The fourth-order valence-electron chi connectivity index (χ4n) is 3.50. The van der Waals surface area contributed by atoms with Gasteiger partial charge in [0.05, 0.1) is 35.9 Å². The number of benzene rings is 2. The van der Waals surface area contributed by atoms with Gasteiger partial charge in [-0.15, -0.1) is 0 Å². The molecule has 0 spiro atoms. The average Bonchev–Trinajstić information content (AvgIpc) is 3.00. The summed E-state index contributed by atoms with van der Waals surface area (Å²) in [6, 6.07) is 12.5. The van der Waals surface area contributed by atoms with E-state index in [1.807, 2.05) is 58.0 Å². The molecule has 3 rings (SSSR count). The van der Waals surface area contributed by atoms with Crippen LogP contribution in [0.2, 0.25) is 0 Å². The first-order valence-corrected chi connectivity index (χ1v) is 11.2. The molecular formula is C24H30BrN3O3. The molecule has 31 heavy (non-hydrogen) atoms. The first-order valence-electron chi connectivity index (χ1n) is 10.4. The van der Waals surface area contributed by atoms with Crippen LogP contribution in [0.3, 0.4) is 0 Å². The largest absolute Gasteiger partial charge is 0.390 e. The Morgan fingerprint density at radius 1 is 1.23 bits per heavy atom. The minimum atomic E-state index is -0.664. The Morgan fingerprint density at radius 2 is 1.94 bits per heavy atom. The predicted molar refractivity (Wildman–Crippen MR) is 127 cm³/mol. The zero-order chi connectivity index (χ0) is 22.6. The molecule has 1 aliphatic rings. The number of halogens is 1. The number of fused-ring (bicyclic) bond motifs is 1. The highest BCUT2D eigenvalue weighted by atomic mass is 79.9. The minimum Gasteiger partial charge on any atom is -0.390 e. The van der Waals surface area contributed by atoms with Crippen LogP contribution in [0.15, 0.2) is 51.9 Å². The number of rotatable bonds is 6. The lowest BCUT2D eigenvalue weighted by atomic mass is 10.1. The van der Waals surface area contributed by atoms with E-state index in [0.717, 1.165) is 27.1 Å². The third-order valence-electron chi connectivity index (χ3n) is 4.99. The molecule has 0 saturated heterocycles. The van der Waals surface area contributed by atoms with Crippen molar-refractivity contribution < 1.29 is 14.6 Å². The summed E-state index contributed by atoms with van der Waals surface area (Å²) >= 11 is 3.37.